The number of carbonyl (C=O) groups is 3. The molecular weight excluding hydrogens is 673 g/mol. The van der Waals surface area contributed by atoms with Crippen LogP contribution < -0.4 is 10.6 Å². The van der Waals surface area contributed by atoms with Crippen LogP contribution in [0, 0.1) is 5.92 Å². The van der Waals surface area contributed by atoms with Crippen molar-refractivity contribution in [3.63, 3.8) is 0 Å². The number of carboxylic acids is 1. The summed E-state index contributed by atoms with van der Waals surface area (Å²) < 4.78 is 10.9. The number of aromatic nitrogens is 1. The maximum absolute atomic E-state index is 13.9. The summed E-state index contributed by atoms with van der Waals surface area (Å²) >= 11 is 0. The van der Waals surface area contributed by atoms with Crippen LogP contribution in [0.3, 0.4) is 0 Å². The lowest BCUT2D eigenvalue weighted by molar-refractivity contribution is -0.142. The van der Waals surface area contributed by atoms with E-state index in [1.807, 2.05) is 36.4 Å². The zero-order valence-electron chi connectivity index (χ0n) is 27.5. The fourth-order valence-electron chi connectivity index (χ4n) is 5.48. The second-order valence-electron chi connectivity index (χ2n) is 12.1. The van der Waals surface area contributed by atoms with Crippen molar-refractivity contribution in [2.45, 2.75) is 37.7 Å². The van der Waals surface area contributed by atoms with Gasteiger partial charge in [0.1, 0.15) is 36.0 Å². The van der Waals surface area contributed by atoms with Gasteiger partial charge in [-0.05, 0) is 28.8 Å². The van der Waals surface area contributed by atoms with Crippen LogP contribution in [0.5, 0.6) is 5.75 Å². The van der Waals surface area contributed by atoms with Crippen LogP contribution in [-0.4, -0.2) is 61.1 Å². The summed E-state index contributed by atoms with van der Waals surface area (Å²) in [6, 6.07) is 33.3. The van der Waals surface area contributed by atoms with Gasteiger partial charge in [0.25, 0.3) is 7.72 Å². The molecule has 5 aromatic rings. The van der Waals surface area contributed by atoms with Crippen LogP contribution in [0.2, 0.25) is 0 Å². The fourth-order valence-corrected chi connectivity index (χ4v) is 7.50. The van der Waals surface area contributed by atoms with E-state index in [0.717, 1.165) is 11.1 Å². The number of carbonyl (C=O) groups excluding carboxylic acids is 2. The van der Waals surface area contributed by atoms with Crippen molar-refractivity contribution >= 4 is 25.7 Å². The monoisotopic (exact) mass is 712 g/mol. The third kappa shape index (κ3) is 11.0. The van der Waals surface area contributed by atoms with E-state index in [1.54, 1.807) is 72.8 Å². The Labute approximate surface area is 295 Å². The van der Waals surface area contributed by atoms with Crippen molar-refractivity contribution in [2.24, 2.45) is 5.92 Å². The largest absolute Gasteiger partial charge is 0.508 e. The maximum Gasteiger partial charge on any atom is 0.410 e. The number of ether oxygens (including phenoxy) is 1. The molecule has 0 spiro atoms. The molecule has 1 heterocycles. The number of aromatic hydroxyl groups is 1. The molecule has 0 bridgehead atoms. The van der Waals surface area contributed by atoms with Crippen LogP contribution in [0.25, 0.3) is 11.3 Å². The van der Waals surface area contributed by atoms with Gasteiger partial charge in [0.2, 0.25) is 11.7 Å². The summed E-state index contributed by atoms with van der Waals surface area (Å²) in [6.07, 6.45) is -1.65. The highest BCUT2D eigenvalue weighted by molar-refractivity contribution is 7.65. The van der Waals surface area contributed by atoms with E-state index in [0.29, 0.717) is 16.8 Å². The minimum atomic E-state index is -4.22. The molecule has 0 unspecified atom stereocenters. The first kappa shape index (κ1) is 36.7. The van der Waals surface area contributed by atoms with Gasteiger partial charge in [-0.15, -0.1) is 0 Å². The number of hydrogen-bond acceptors (Lipinski definition) is 9. The molecule has 264 valence electrons. The molecule has 0 saturated heterocycles. The SMILES string of the molecule is O=C(N[C@@H](Cc1ccccc1)[P+](O)(O)C[C@@H](Cc1cc(-c2ccccc2)no1)C(=O)N[C@@H](Cc1ccc(O)cc1)C(=O)O)OCc1ccccc1. The quantitative estimate of drug-likeness (QED) is 0.0728. The van der Waals surface area contributed by atoms with Gasteiger partial charge in [-0.3, -0.25) is 10.1 Å². The molecule has 51 heavy (non-hydrogen) atoms. The van der Waals surface area contributed by atoms with Crippen molar-refractivity contribution < 1.29 is 43.6 Å². The first-order valence-electron chi connectivity index (χ1n) is 16.2. The minimum absolute atomic E-state index is 0.00506. The molecule has 13 heteroatoms. The molecule has 2 amide bonds. The minimum Gasteiger partial charge on any atom is -0.508 e. The summed E-state index contributed by atoms with van der Waals surface area (Å²) in [7, 11) is -4.22. The van der Waals surface area contributed by atoms with E-state index < -0.39 is 49.6 Å². The highest BCUT2D eigenvalue weighted by Gasteiger charge is 2.49. The van der Waals surface area contributed by atoms with E-state index in [4.69, 9.17) is 9.26 Å². The molecular formula is C38H39N3O9P+. The molecule has 0 fully saturated rings. The predicted molar refractivity (Wildman–Crippen MR) is 190 cm³/mol. The topological polar surface area (TPSA) is 191 Å². The van der Waals surface area contributed by atoms with Crippen molar-refractivity contribution in [1.29, 1.82) is 0 Å². The highest BCUT2D eigenvalue weighted by atomic mass is 31.2. The average molecular weight is 713 g/mol. The molecule has 4 aromatic carbocycles. The van der Waals surface area contributed by atoms with Crippen molar-refractivity contribution in [3.8, 4) is 17.0 Å². The predicted octanol–water partition coefficient (Wildman–Crippen LogP) is 5.35. The van der Waals surface area contributed by atoms with Gasteiger partial charge in [-0.25, -0.2) is 19.4 Å². The number of carboxylic acid groups (broad SMARTS) is 1. The maximum atomic E-state index is 13.9. The van der Waals surface area contributed by atoms with Crippen LogP contribution in [-0.2, 0) is 40.2 Å². The summed E-state index contributed by atoms with van der Waals surface area (Å²) in [5.74, 6) is -4.27. The lowest BCUT2D eigenvalue weighted by atomic mass is 10.0. The molecule has 12 nitrogen and oxygen atoms in total. The Kier molecular flexibility index (Phi) is 12.5. The number of nitrogens with zero attached hydrogens (tertiary/aromatic N) is 1. The Bertz CT molecular complexity index is 1870. The zero-order valence-corrected chi connectivity index (χ0v) is 28.4. The fraction of sp³-hybridized carbons (Fsp3) is 0.211. The average Bonchev–Trinajstić information content (AvgIpc) is 3.60. The molecule has 0 aliphatic rings. The molecule has 3 atom stereocenters. The lowest BCUT2D eigenvalue weighted by Gasteiger charge is -2.27. The summed E-state index contributed by atoms with van der Waals surface area (Å²) in [5, 5.41) is 28.9. The van der Waals surface area contributed by atoms with Gasteiger partial charge in [0.05, 0.1) is 5.92 Å². The molecule has 1 aromatic heterocycles. The molecule has 5 rings (SSSR count). The number of amides is 2. The number of phenols is 1. The first-order chi connectivity index (χ1) is 24.6. The normalized spacial score (nSPS) is 13.1. The van der Waals surface area contributed by atoms with Crippen molar-refractivity contribution in [3.05, 3.63) is 144 Å². The molecule has 0 aliphatic heterocycles. The number of hydrogen-bond donors (Lipinski definition) is 6. The van der Waals surface area contributed by atoms with Crippen LogP contribution >= 0.6 is 7.72 Å². The van der Waals surface area contributed by atoms with Gasteiger partial charge in [0, 0.05) is 30.9 Å². The Hall–Kier alpha value is -5.55. The molecule has 0 radical (unpaired) electrons. The van der Waals surface area contributed by atoms with Gasteiger partial charge in [-0.2, -0.15) is 0 Å². The Balaban J connectivity index is 1.40. The summed E-state index contributed by atoms with van der Waals surface area (Å²) in [5.41, 5.74) is 3.24. The number of nitrogens with one attached hydrogen (secondary N) is 2. The molecule has 6 N–H and O–H groups in total. The van der Waals surface area contributed by atoms with Crippen molar-refractivity contribution in [1.82, 2.24) is 15.8 Å². The molecule has 0 saturated carbocycles. The summed E-state index contributed by atoms with van der Waals surface area (Å²) in [6.45, 7) is -0.0507. The molecule has 0 aliphatic carbocycles. The number of aliphatic carboxylic acids is 1. The highest BCUT2D eigenvalue weighted by Crippen LogP contribution is 2.56. The number of rotatable bonds is 16. The third-order valence-electron chi connectivity index (χ3n) is 8.19. The van der Waals surface area contributed by atoms with E-state index in [-0.39, 0.29) is 37.4 Å². The Morgan fingerprint density at radius 3 is 1.96 bits per heavy atom. The standard InChI is InChI=1S/C38H38N3O9P/c42-31-18-16-27(17-19-31)20-34(37(44)45)39-36(43)30(22-32-23-33(41-50-32)29-14-8-3-9-15-29)25-51(47,48)35(21-26-10-4-1-5-11-26)40-38(46)49-24-28-12-6-2-7-13-28/h1-19,23,30,34-35,47-48H,20-22,24-25H2,(H3-,39,40,42,43,44,45,46)/p+1/t30-,34+,35-/m1/s1. The van der Waals surface area contributed by atoms with E-state index >= 15 is 0 Å². The number of phenolic OH excluding ortho intramolecular Hbond substituents is 1. The number of benzene rings is 4. The smallest absolute Gasteiger partial charge is 0.410 e. The van der Waals surface area contributed by atoms with Crippen LogP contribution in [0.1, 0.15) is 22.5 Å². The second-order valence-corrected chi connectivity index (χ2v) is 14.7. The van der Waals surface area contributed by atoms with Gasteiger partial charge < -0.3 is 24.8 Å². The van der Waals surface area contributed by atoms with E-state index in [9.17, 15) is 34.4 Å². The third-order valence-corrected chi connectivity index (χ3v) is 10.5. The van der Waals surface area contributed by atoms with E-state index in [1.165, 1.54) is 12.1 Å². The van der Waals surface area contributed by atoms with Crippen molar-refractivity contribution in [2.75, 3.05) is 6.16 Å². The van der Waals surface area contributed by atoms with Gasteiger partial charge in [-0.1, -0.05) is 108 Å². The van der Waals surface area contributed by atoms with Crippen LogP contribution in [0.15, 0.2) is 126 Å². The first-order valence-corrected chi connectivity index (χ1v) is 18.2. The summed E-state index contributed by atoms with van der Waals surface area (Å²) in [4.78, 5) is 62.8. The van der Waals surface area contributed by atoms with E-state index in [2.05, 4.69) is 15.8 Å². The number of alkyl carbamates (subject to hydrolysis) is 1. The second kappa shape index (κ2) is 17.4. The van der Waals surface area contributed by atoms with Crippen LogP contribution in [0.4, 0.5) is 4.79 Å². The van der Waals surface area contributed by atoms with Gasteiger partial charge in [0.15, 0.2) is 0 Å². The lowest BCUT2D eigenvalue weighted by Crippen LogP contribution is -2.47. The van der Waals surface area contributed by atoms with Gasteiger partial charge >= 0.3 is 12.1 Å². The Morgan fingerprint density at radius 1 is 0.745 bits per heavy atom. The zero-order chi connectivity index (χ0) is 36.2. The Morgan fingerprint density at radius 2 is 1.33 bits per heavy atom.